The van der Waals surface area contributed by atoms with E-state index >= 15 is 0 Å². The lowest BCUT2D eigenvalue weighted by molar-refractivity contribution is -0.185. The Labute approximate surface area is 111 Å². The second-order valence-corrected chi connectivity index (χ2v) is 4.90. The minimum absolute atomic E-state index is 0.0658. The maximum absolute atomic E-state index is 12.2. The predicted molar refractivity (Wildman–Crippen MR) is 69.8 cm³/mol. The molecule has 1 N–H and O–H groups in total. The molecule has 102 valence electrons. The van der Waals surface area contributed by atoms with E-state index in [4.69, 9.17) is 4.74 Å². The first-order chi connectivity index (χ1) is 8.98. The fourth-order valence-corrected chi connectivity index (χ4v) is 2.14. The second-order valence-electron chi connectivity index (χ2n) is 4.90. The van der Waals surface area contributed by atoms with Gasteiger partial charge in [0.1, 0.15) is 0 Å². The van der Waals surface area contributed by atoms with Crippen LogP contribution in [0.3, 0.4) is 0 Å². The molecule has 1 aliphatic rings. The molecular formula is C14H17NO4. The summed E-state index contributed by atoms with van der Waals surface area (Å²) in [6.45, 7) is 4.03. The van der Waals surface area contributed by atoms with Crippen molar-refractivity contribution in [1.82, 2.24) is 0 Å². The van der Waals surface area contributed by atoms with Gasteiger partial charge < -0.3 is 14.8 Å². The van der Waals surface area contributed by atoms with Crippen LogP contribution in [0.1, 0.15) is 11.1 Å². The number of rotatable bonds is 3. The molecule has 0 spiro atoms. The molecule has 1 aromatic carbocycles. The molecule has 1 heterocycles. The summed E-state index contributed by atoms with van der Waals surface area (Å²) in [7, 11) is 1.27. The van der Waals surface area contributed by atoms with Gasteiger partial charge in [-0.15, -0.1) is 0 Å². The number of ether oxygens (including phenoxy) is 2. The lowest BCUT2D eigenvalue weighted by atomic mass is 9.85. The number of anilines is 1. The summed E-state index contributed by atoms with van der Waals surface area (Å²) in [5.74, 6) is -0.934. The van der Waals surface area contributed by atoms with E-state index in [0.29, 0.717) is 5.69 Å². The molecule has 0 unspecified atom stereocenters. The Kier molecular flexibility index (Phi) is 3.57. The average Bonchev–Trinajstić information content (AvgIpc) is 2.25. The van der Waals surface area contributed by atoms with Crippen molar-refractivity contribution in [3.8, 4) is 0 Å². The number of methoxy groups -OCH3 is 1. The third-order valence-electron chi connectivity index (χ3n) is 3.19. The lowest BCUT2D eigenvalue weighted by Gasteiger charge is -2.36. The zero-order valence-electron chi connectivity index (χ0n) is 11.3. The van der Waals surface area contributed by atoms with Crippen LogP contribution in [-0.4, -0.2) is 32.2 Å². The van der Waals surface area contributed by atoms with Gasteiger partial charge in [0.2, 0.25) is 5.91 Å². The SMILES string of the molecule is COC(=O)C1(C(=O)Nc2cc(C)cc(C)c2)COC1. The van der Waals surface area contributed by atoms with Gasteiger partial charge in [0.15, 0.2) is 5.41 Å². The van der Waals surface area contributed by atoms with Crippen LogP contribution < -0.4 is 5.32 Å². The second kappa shape index (κ2) is 5.01. The zero-order valence-corrected chi connectivity index (χ0v) is 11.3. The van der Waals surface area contributed by atoms with Crippen LogP contribution >= 0.6 is 0 Å². The first kappa shape index (κ1) is 13.5. The van der Waals surface area contributed by atoms with E-state index in [9.17, 15) is 9.59 Å². The zero-order chi connectivity index (χ0) is 14.0. The molecule has 1 aromatic rings. The number of carbonyl (C=O) groups is 2. The topological polar surface area (TPSA) is 64.6 Å². The molecular weight excluding hydrogens is 246 g/mol. The molecule has 1 fully saturated rings. The highest BCUT2D eigenvalue weighted by Crippen LogP contribution is 2.31. The minimum Gasteiger partial charge on any atom is -0.468 e. The van der Waals surface area contributed by atoms with Crippen molar-refractivity contribution < 1.29 is 19.1 Å². The number of hydrogen-bond acceptors (Lipinski definition) is 4. The van der Waals surface area contributed by atoms with Crippen molar-refractivity contribution in [2.45, 2.75) is 13.8 Å². The molecule has 0 aromatic heterocycles. The fraction of sp³-hybridized carbons (Fsp3) is 0.429. The summed E-state index contributed by atoms with van der Waals surface area (Å²) < 4.78 is 9.69. The van der Waals surface area contributed by atoms with E-state index in [1.165, 1.54) is 7.11 Å². The van der Waals surface area contributed by atoms with E-state index in [0.717, 1.165) is 11.1 Å². The average molecular weight is 263 g/mol. The summed E-state index contributed by atoms with van der Waals surface area (Å²) in [5.41, 5.74) is 1.57. The number of hydrogen-bond donors (Lipinski definition) is 1. The standard InChI is InChI=1S/C14H17NO4/c1-9-4-10(2)6-11(5-9)15-12(16)14(7-19-8-14)13(17)18-3/h4-6H,7-8H2,1-3H3,(H,15,16). The molecule has 1 amide bonds. The Morgan fingerprint density at radius 3 is 2.21 bits per heavy atom. The number of nitrogens with one attached hydrogen (secondary N) is 1. The van der Waals surface area contributed by atoms with E-state index < -0.39 is 11.4 Å². The van der Waals surface area contributed by atoms with Crippen molar-refractivity contribution in [1.29, 1.82) is 0 Å². The van der Waals surface area contributed by atoms with Crippen LogP contribution in [0.15, 0.2) is 18.2 Å². The monoisotopic (exact) mass is 263 g/mol. The fourth-order valence-electron chi connectivity index (χ4n) is 2.14. The maximum atomic E-state index is 12.2. The van der Waals surface area contributed by atoms with Gasteiger partial charge in [0.25, 0.3) is 0 Å². The molecule has 5 nitrogen and oxygen atoms in total. The summed E-state index contributed by atoms with van der Waals surface area (Å²) in [6.07, 6.45) is 0. The van der Waals surface area contributed by atoms with Crippen molar-refractivity contribution in [2.24, 2.45) is 5.41 Å². The van der Waals surface area contributed by atoms with Crippen LogP contribution in [0.2, 0.25) is 0 Å². The molecule has 0 atom stereocenters. The Balaban J connectivity index is 2.18. The van der Waals surface area contributed by atoms with Crippen LogP contribution in [-0.2, 0) is 19.1 Å². The number of amides is 1. The summed E-state index contributed by atoms with van der Waals surface area (Å²) in [4.78, 5) is 24.0. The highest BCUT2D eigenvalue weighted by molar-refractivity contribution is 6.10. The van der Waals surface area contributed by atoms with Gasteiger partial charge in [-0.25, -0.2) is 0 Å². The van der Waals surface area contributed by atoms with Crippen molar-refractivity contribution in [3.05, 3.63) is 29.3 Å². The lowest BCUT2D eigenvalue weighted by Crippen LogP contribution is -2.57. The van der Waals surface area contributed by atoms with Crippen LogP contribution in [0.5, 0.6) is 0 Å². The Morgan fingerprint density at radius 1 is 1.21 bits per heavy atom. The van der Waals surface area contributed by atoms with E-state index in [2.05, 4.69) is 10.1 Å². The smallest absolute Gasteiger partial charge is 0.326 e. The molecule has 5 heteroatoms. The van der Waals surface area contributed by atoms with Gasteiger partial charge in [-0.05, 0) is 37.1 Å². The van der Waals surface area contributed by atoms with Crippen LogP contribution in [0.4, 0.5) is 5.69 Å². The third-order valence-corrected chi connectivity index (χ3v) is 3.19. The van der Waals surface area contributed by atoms with E-state index in [1.807, 2.05) is 32.0 Å². The van der Waals surface area contributed by atoms with Gasteiger partial charge in [0.05, 0.1) is 20.3 Å². The first-order valence-electron chi connectivity index (χ1n) is 6.04. The van der Waals surface area contributed by atoms with E-state index in [1.54, 1.807) is 0 Å². The maximum Gasteiger partial charge on any atom is 0.326 e. The highest BCUT2D eigenvalue weighted by atomic mass is 16.5. The molecule has 1 aliphatic heterocycles. The number of aryl methyl sites for hydroxylation is 2. The number of esters is 1. The molecule has 0 bridgehead atoms. The van der Waals surface area contributed by atoms with Gasteiger partial charge in [0, 0.05) is 5.69 Å². The van der Waals surface area contributed by atoms with Gasteiger partial charge >= 0.3 is 5.97 Å². The van der Waals surface area contributed by atoms with Crippen molar-refractivity contribution >= 4 is 17.6 Å². The Bertz CT molecular complexity index is 500. The highest BCUT2D eigenvalue weighted by Gasteiger charge is 2.54. The van der Waals surface area contributed by atoms with Crippen molar-refractivity contribution in [3.63, 3.8) is 0 Å². The van der Waals surface area contributed by atoms with Gasteiger partial charge in [-0.3, -0.25) is 9.59 Å². The number of carbonyl (C=O) groups excluding carboxylic acids is 2. The van der Waals surface area contributed by atoms with Gasteiger partial charge in [-0.2, -0.15) is 0 Å². The van der Waals surface area contributed by atoms with Crippen LogP contribution in [0.25, 0.3) is 0 Å². The molecule has 19 heavy (non-hydrogen) atoms. The Hall–Kier alpha value is -1.88. The minimum atomic E-state index is -1.20. The first-order valence-corrected chi connectivity index (χ1v) is 6.04. The van der Waals surface area contributed by atoms with Gasteiger partial charge in [-0.1, -0.05) is 6.07 Å². The third kappa shape index (κ3) is 2.46. The summed E-state index contributed by atoms with van der Waals surface area (Å²) in [6, 6.07) is 5.73. The molecule has 0 radical (unpaired) electrons. The molecule has 0 saturated carbocycles. The molecule has 2 rings (SSSR count). The molecule has 1 saturated heterocycles. The summed E-state index contributed by atoms with van der Waals surface area (Å²) in [5, 5.41) is 2.76. The van der Waals surface area contributed by atoms with E-state index in [-0.39, 0.29) is 19.1 Å². The number of benzene rings is 1. The summed E-state index contributed by atoms with van der Waals surface area (Å²) >= 11 is 0. The quantitative estimate of drug-likeness (QED) is 0.662. The Morgan fingerprint density at radius 2 is 1.79 bits per heavy atom. The normalized spacial score (nSPS) is 16.4. The van der Waals surface area contributed by atoms with Crippen LogP contribution in [0, 0.1) is 19.3 Å². The van der Waals surface area contributed by atoms with Crippen molar-refractivity contribution in [2.75, 3.05) is 25.6 Å². The largest absolute Gasteiger partial charge is 0.468 e. The molecule has 0 aliphatic carbocycles. The predicted octanol–water partition coefficient (Wildman–Crippen LogP) is 1.43.